The zero-order valence-corrected chi connectivity index (χ0v) is 12.9. The number of piperidine rings is 1. The van der Waals surface area contributed by atoms with Crippen LogP contribution in [0.3, 0.4) is 0 Å². The summed E-state index contributed by atoms with van der Waals surface area (Å²) in [6, 6.07) is 0.0855. The SMILES string of the molecule is CCOC(=O)c1cn[nH]c1S(=O)(=O)NC1CCNC(C)C1. The number of rotatable bonds is 5. The van der Waals surface area contributed by atoms with Gasteiger partial charge in [-0.25, -0.2) is 17.9 Å². The van der Waals surface area contributed by atoms with Crippen LogP contribution in [0, 0.1) is 0 Å². The number of ether oxygens (including phenoxy) is 1. The number of H-pyrrole nitrogens is 1. The molecule has 2 atom stereocenters. The molecule has 8 nitrogen and oxygen atoms in total. The van der Waals surface area contributed by atoms with Gasteiger partial charge in [0.15, 0.2) is 5.03 Å². The lowest BCUT2D eigenvalue weighted by atomic mass is 10.0. The van der Waals surface area contributed by atoms with Gasteiger partial charge in [-0.2, -0.15) is 5.10 Å². The molecule has 9 heteroatoms. The lowest BCUT2D eigenvalue weighted by molar-refractivity contribution is 0.0521. The number of sulfonamides is 1. The number of esters is 1. The molecule has 0 saturated carbocycles. The van der Waals surface area contributed by atoms with Crippen molar-refractivity contribution in [2.75, 3.05) is 13.2 Å². The Morgan fingerprint density at radius 1 is 1.57 bits per heavy atom. The second-order valence-corrected chi connectivity index (χ2v) is 6.68. The van der Waals surface area contributed by atoms with Crippen molar-refractivity contribution in [3.05, 3.63) is 11.8 Å². The third-order valence-corrected chi connectivity index (χ3v) is 4.81. The maximum absolute atomic E-state index is 12.4. The van der Waals surface area contributed by atoms with Crippen LogP contribution in [0.5, 0.6) is 0 Å². The molecule has 1 aliphatic rings. The van der Waals surface area contributed by atoms with Crippen LogP contribution in [-0.2, 0) is 14.8 Å². The van der Waals surface area contributed by atoms with Gasteiger partial charge in [-0.1, -0.05) is 0 Å². The first kappa shape index (κ1) is 15.9. The van der Waals surface area contributed by atoms with E-state index in [2.05, 4.69) is 20.2 Å². The number of nitrogens with one attached hydrogen (secondary N) is 3. The zero-order valence-electron chi connectivity index (χ0n) is 12.0. The summed E-state index contributed by atoms with van der Waals surface area (Å²) in [6.45, 7) is 4.58. The van der Waals surface area contributed by atoms with Gasteiger partial charge in [-0.3, -0.25) is 5.10 Å². The van der Waals surface area contributed by atoms with E-state index in [9.17, 15) is 13.2 Å². The third-order valence-electron chi connectivity index (χ3n) is 3.31. The molecule has 3 N–H and O–H groups in total. The van der Waals surface area contributed by atoms with Gasteiger partial charge < -0.3 is 10.1 Å². The van der Waals surface area contributed by atoms with Crippen molar-refractivity contribution in [1.29, 1.82) is 0 Å². The first-order chi connectivity index (χ1) is 9.94. The minimum atomic E-state index is -3.83. The summed E-state index contributed by atoms with van der Waals surface area (Å²) in [5.41, 5.74) is -0.0775. The first-order valence-corrected chi connectivity index (χ1v) is 8.38. The Balaban J connectivity index is 2.16. The minimum absolute atomic E-state index is 0.0775. The minimum Gasteiger partial charge on any atom is -0.462 e. The number of aromatic nitrogens is 2. The summed E-state index contributed by atoms with van der Waals surface area (Å²) in [4.78, 5) is 11.7. The lowest BCUT2D eigenvalue weighted by Crippen LogP contribution is -2.46. The fraction of sp³-hybridized carbons (Fsp3) is 0.667. The molecular formula is C12H20N4O4S. The van der Waals surface area contributed by atoms with E-state index >= 15 is 0 Å². The van der Waals surface area contributed by atoms with Crippen molar-refractivity contribution in [3.8, 4) is 0 Å². The smallest absolute Gasteiger partial charge is 0.342 e. The Kier molecular flexibility index (Phi) is 4.96. The average Bonchev–Trinajstić information content (AvgIpc) is 2.88. The topological polar surface area (TPSA) is 113 Å². The molecule has 1 saturated heterocycles. The number of aromatic amines is 1. The highest BCUT2D eigenvalue weighted by Gasteiger charge is 2.29. The molecule has 0 spiro atoms. The molecule has 0 aliphatic carbocycles. The Hall–Kier alpha value is -1.45. The summed E-state index contributed by atoms with van der Waals surface area (Å²) in [7, 11) is -3.83. The van der Waals surface area contributed by atoms with E-state index in [0.717, 1.165) is 12.7 Å². The summed E-state index contributed by atoms with van der Waals surface area (Å²) in [5.74, 6) is -0.703. The predicted octanol–water partition coefficient (Wildman–Crippen LogP) is 0.00520. The molecule has 21 heavy (non-hydrogen) atoms. The molecule has 118 valence electrons. The van der Waals surface area contributed by atoms with Gasteiger partial charge in [0.25, 0.3) is 10.0 Å². The highest BCUT2D eigenvalue weighted by molar-refractivity contribution is 7.89. The van der Waals surface area contributed by atoms with Gasteiger partial charge in [0.2, 0.25) is 0 Å². The monoisotopic (exact) mass is 316 g/mol. The molecule has 0 amide bonds. The number of carbonyl (C=O) groups is 1. The Morgan fingerprint density at radius 2 is 2.33 bits per heavy atom. The second kappa shape index (κ2) is 6.54. The Labute approximate surface area is 123 Å². The summed E-state index contributed by atoms with van der Waals surface area (Å²) in [5, 5.41) is 9.02. The van der Waals surface area contributed by atoms with Gasteiger partial charge >= 0.3 is 5.97 Å². The quantitative estimate of drug-likeness (QED) is 0.659. The number of hydrogen-bond acceptors (Lipinski definition) is 6. The Bertz CT molecular complexity index is 598. The van der Waals surface area contributed by atoms with Gasteiger partial charge in [-0.15, -0.1) is 0 Å². The van der Waals surface area contributed by atoms with Crippen LogP contribution in [0.2, 0.25) is 0 Å². The van der Waals surface area contributed by atoms with Crippen molar-refractivity contribution < 1.29 is 17.9 Å². The van der Waals surface area contributed by atoms with Crippen molar-refractivity contribution >= 4 is 16.0 Å². The summed E-state index contributed by atoms with van der Waals surface area (Å²) in [6.07, 6.45) is 2.56. The number of nitrogens with zero attached hydrogens (tertiary/aromatic N) is 1. The van der Waals surface area contributed by atoms with E-state index in [0.29, 0.717) is 12.8 Å². The second-order valence-electron chi connectivity index (χ2n) is 5.03. The summed E-state index contributed by atoms with van der Waals surface area (Å²) < 4.78 is 32.2. The fourth-order valence-corrected chi connectivity index (χ4v) is 3.72. The van der Waals surface area contributed by atoms with Gasteiger partial charge in [-0.05, 0) is 33.2 Å². The van der Waals surface area contributed by atoms with Crippen LogP contribution in [-0.4, -0.2) is 49.8 Å². The summed E-state index contributed by atoms with van der Waals surface area (Å²) >= 11 is 0. The molecule has 2 rings (SSSR count). The van der Waals surface area contributed by atoms with E-state index in [1.165, 1.54) is 0 Å². The predicted molar refractivity (Wildman–Crippen MR) is 75.4 cm³/mol. The molecule has 1 aromatic rings. The van der Waals surface area contributed by atoms with E-state index in [1.54, 1.807) is 6.92 Å². The van der Waals surface area contributed by atoms with Crippen LogP contribution in [0.15, 0.2) is 11.2 Å². The van der Waals surface area contributed by atoms with E-state index in [4.69, 9.17) is 4.74 Å². The van der Waals surface area contributed by atoms with Crippen LogP contribution < -0.4 is 10.0 Å². The highest BCUT2D eigenvalue weighted by Crippen LogP contribution is 2.16. The lowest BCUT2D eigenvalue weighted by Gasteiger charge is -2.28. The molecular weight excluding hydrogens is 296 g/mol. The number of hydrogen-bond donors (Lipinski definition) is 3. The molecule has 0 bridgehead atoms. The van der Waals surface area contributed by atoms with Crippen molar-refractivity contribution in [1.82, 2.24) is 20.2 Å². The standard InChI is InChI=1S/C12H20N4O4S/c1-3-20-12(17)10-7-14-15-11(10)21(18,19)16-9-4-5-13-8(2)6-9/h7-9,13,16H,3-6H2,1-2H3,(H,14,15). The van der Waals surface area contributed by atoms with Crippen LogP contribution in [0.25, 0.3) is 0 Å². The van der Waals surface area contributed by atoms with Crippen LogP contribution in [0.4, 0.5) is 0 Å². The molecule has 0 aromatic carbocycles. The molecule has 1 aliphatic heterocycles. The molecule has 2 heterocycles. The fourth-order valence-electron chi connectivity index (χ4n) is 2.35. The normalized spacial score (nSPS) is 23.0. The van der Waals surface area contributed by atoms with Crippen LogP contribution >= 0.6 is 0 Å². The number of carbonyl (C=O) groups excluding carboxylic acids is 1. The zero-order chi connectivity index (χ0) is 15.5. The van der Waals surface area contributed by atoms with Crippen molar-refractivity contribution in [2.24, 2.45) is 0 Å². The maximum Gasteiger partial charge on any atom is 0.342 e. The Morgan fingerprint density at radius 3 is 3.00 bits per heavy atom. The van der Waals surface area contributed by atoms with Crippen molar-refractivity contribution in [3.63, 3.8) is 0 Å². The molecule has 1 fully saturated rings. The first-order valence-electron chi connectivity index (χ1n) is 6.90. The molecule has 1 aromatic heterocycles. The maximum atomic E-state index is 12.4. The van der Waals surface area contributed by atoms with E-state index in [-0.39, 0.29) is 29.3 Å². The van der Waals surface area contributed by atoms with Crippen molar-refractivity contribution in [2.45, 2.75) is 43.8 Å². The molecule has 0 radical (unpaired) electrons. The van der Waals surface area contributed by atoms with Gasteiger partial charge in [0.05, 0.1) is 12.8 Å². The van der Waals surface area contributed by atoms with Gasteiger partial charge in [0, 0.05) is 12.1 Å². The van der Waals surface area contributed by atoms with E-state index < -0.39 is 16.0 Å². The van der Waals surface area contributed by atoms with E-state index in [1.807, 2.05) is 6.92 Å². The molecule has 2 unspecified atom stereocenters. The largest absolute Gasteiger partial charge is 0.462 e. The van der Waals surface area contributed by atoms with Gasteiger partial charge in [0.1, 0.15) is 5.56 Å². The third kappa shape index (κ3) is 3.80. The van der Waals surface area contributed by atoms with Crippen LogP contribution in [0.1, 0.15) is 37.0 Å². The highest BCUT2D eigenvalue weighted by atomic mass is 32.2. The average molecular weight is 316 g/mol.